The van der Waals surface area contributed by atoms with Crippen LogP contribution in [-0.2, 0) is 6.54 Å². The number of hydrogen-bond donors (Lipinski definition) is 2. The number of hydrogen-bond acceptors (Lipinski definition) is 4. The molecule has 2 N–H and O–H groups in total. The van der Waals surface area contributed by atoms with Crippen molar-refractivity contribution in [2.45, 2.75) is 6.54 Å². The second-order valence-corrected chi connectivity index (χ2v) is 6.17. The minimum atomic E-state index is -0.180. The molecule has 0 radical (unpaired) electrons. The van der Waals surface area contributed by atoms with Crippen LogP contribution in [0.4, 0.5) is 0 Å². The molecule has 2 rings (SSSR count). The number of carbonyl (C=O) groups excluding carboxylic acids is 2. The van der Waals surface area contributed by atoms with Gasteiger partial charge in [0.25, 0.3) is 11.8 Å². The van der Waals surface area contributed by atoms with E-state index in [1.165, 1.54) is 0 Å². The fraction of sp³-hybridized carbons (Fsp3) is 0.300. The number of methoxy groups -OCH3 is 1. The van der Waals surface area contributed by atoms with E-state index in [0.29, 0.717) is 24.2 Å². The molecule has 0 aliphatic rings. The summed E-state index contributed by atoms with van der Waals surface area (Å²) in [4.78, 5) is 26.3. The van der Waals surface area contributed by atoms with Gasteiger partial charge in [0.15, 0.2) is 0 Å². The highest BCUT2D eigenvalue weighted by Gasteiger charge is 2.09. The molecule has 0 aliphatic heterocycles. The Labute approximate surface area is 154 Å². The van der Waals surface area contributed by atoms with Crippen molar-refractivity contribution in [2.24, 2.45) is 0 Å². The molecule has 0 saturated heterocycles. The Balaban J connectivity index is 1.86. The van der Waals surface area contributed by atoms with Gasteiger partial charge in [0.05, 0.1) is 7.11 Å². The quantitative estimate of drug-likeness (QED) is 0.759. The van der Waals surface area contributed by atoms with Crippen molar-refractivity contribution in [1.29, 1.82) is 0 Å². The van der Waals surface area contributed by atoms with Crippen LogP contribution in [0.25, 0.3) is 0 Å². The van der Waals surface area contributed by atoms with Crippen LogP contribution in [0.5, 0.6) is 5.75 Å². The zero-order valence-corrected chi connectivity index (χ0v) is 15.4. The Bertz CT molecular complexity index is 725. The molecule has 6 heteroatoms. The Morgan fingerprint density at radius 3 is 1.92 bits per heavy atom. The van der Waals surface area contributed by atoms with Crippen molar-refractivity contribution >= 4 is 11.8 Å². The first-order chi connectivity index (χ1) is 12.5. The molecule has 0 heterocycles. The lowest BCUT2D eigenvalue weighted by atomic mass is 10.1. The van der Waals surface area contributed by atoms with Crippen LogP contribution >= 0.6 is 0 Å². The van der Waals surface area contributed by atoms with Gasteiger partial charge in [-0.25, -0.2) is 0 Å². The van der Waals surface area contributed by atoms with Crippen molar-refractivity contribution in [3.63, 3.8) is 0 Å². The van der Waals surface area contributed by atoms with Crippen LogP contribution in [-0.4, -0.2) is 51.0 Å². The van der Waals surface area contributed by atoms with Crippen molar-refractivity contribution in [1.82, 2.24) is 15.5 Å². The number of nitrogens with one attached hydrogen (secondary N) is 2. The maximum absolute atomic E-state index is 12.2. The predicted octanol–water partition coefficient (Wildman–Crippen LogP) is 1.92. The number of rotatable bonds is 8. The second-order valence-electron chi connectivity index (χ2n) is 6.17. The van der Waals surface area contributed by atoms with Crippen LogP contribution in [0, 0.1) is 0 Å². The van der Waals surface area contributed by atoms with Crippen molar-refractivity contribution in [2.75, 3.05) is 34.3 Å². The summed E-state index contributed by atoms with van der Waals surface area (Å²) in [7, 11) is 5.51. The summed E-state index contributed by atoms with van der Waals surface area (Å²) < 4.78 is 5.11. The van der Waals surface area contributed by atoms with Gasteiger partial charge in [-0.05, 0) is 56.1 Å². The number of likely N-dealkylation sites (N-methyl/N-ethyl adjacent to an activating group) is 1. The lowest BCUT2D eigenvalue weighted by Crippen LogP contribution is -2.31. The van der Waals surface area contributed by atoms with Gasteiger partial charge in [0.1, 0.15) is 5.75 Å². The monoisotopic (exact) mass is 355 g/mol. The molecule has 0 atom stereocenters. The molecule has 0 saturated carbocycles. The van der Waals surface area contributed by atoms with E-state index < -0.39 is 0 Å². The van der Waals surface area contributed by atoms with Gasteiger partial charge in [-0.2, -0.15) is 0 Å². The SMILES string of the molecule is COc1ccc(CNC(=O)c2ccc(C(=O)NCCN(C)C)cc2)cc1. The summed E-state index contributed by atoms with van der Waals surface area (Å²) in [6, 6.07) is 14.1. The zero-order chi connectivity index (χ0) is 18.9. The molecule has 0 aliphatic carbocycles. The van der Waals surface area contributed by atoms with Crippen LogP contribution in [0.15, 0.2) is 48.5 Å². The first-order valence-corrected chi connectivity index (χ1v) is 8.43. The first-order valence-electron chi connectivity index (χ1n) is 8.43. The largest absolute Gasteiger partial charge is 0.497 e. The average Bonchev–Trinajstić information content (AvgIpc) is 2.66. The minimum Gasteiger partial charge on any atom is -0.497 e. The predicted molar refractivity (Wildman–Crippen MR) is 101 cm³/mol. The number of nitrogens with zero attached hydrogens (tertiary/aromatic N) is 1. The summed E-state index contributed by atoms with van der Waals surface area (Å²) in [5.74, 6) is 0.456. The van der Waals surface area contributed by atoms with Crippen LogP contribution in [0.1, 0.15) is 26.3 Å². The van der Waals surface area contributed by atoms with Crippen molar-refractivity contribution in [3.05, 3.63) is 65.2 Å². The highest BCUT2D eigenvalue weighted by molar-refractivity contribution is 5.97. The fourth-order valence-corrected chi connectivity index (χ4v) is 2.30. The first kappa shape index (κ1) is 19.5. The van der Waals surface area contributed by atoms with E-state index >= 15 is 0 Å². The van der Waals surface area contributed by atoms with E-state index in [4.69, 9.17) is 4.74 Å². The Morgan fingerprint density at radius 1 is 0.885 bits per heavy atom. The molecule has 26 heavy (non-hydrogen) atoms. The molecular formula is C20H25N3O3. The number of benzene rings is 2. The lowest BCUT2D eigenvalue weighted by molar-refractivity contribution is 0.0939. The van der Waals surface area contributed by atoms with Crippen LogP contribution in [0.3, 0.4) is 0 Å². The standard InChI is InChI=1S/C20H25N3O3/c1-23(2)13-12-21-19(24)16-6-8-17(9-7-16)20(25)22-14-15-4-10-18(26-3)11-5-15/h4-11H,12-14H2,1-3H3,(H,21,24)(H,22,25). The molecule has 2 amide bonds. The third kappa shape index (κ3) is 5.89. The van der Waals surface area contributed by atoms with E-state index in [0.717, 1.165) is 17.9 Å². The van der Waals surface area contributed by atoms with Gasteiger partial charge < -0.3 is 20.3 Å². The van der Waals surface area contributed by atoms with Crippen LogP contribution < -0.4 is 15.4 Å². The third-order valence-corrected chi connectivity index (χ3v) is 3.87. The molecule has 2 aromatic rings. The molecule has 0 fully saturated rings. The highest BCUT2D eigenvalue weighted by atomic mass is 16.5. The Morgan fingerprint density at radius 2 is 1.42 bits per heavy atom. The molecular weight excluding hydrogens is 330 g/mol. The Hall–Kier alpha value is -2.86. The van der Waals surface area contributed by atoms with Crippen LogP contribution in [0.2, 0.25) is 0 Å². The average molecular weight is 355 g/mol. The van der Waals surface area contributed by atoms with Gasteiger partial charge >= 0.3 is 0 Å². The molecule has 0 spiro atoms. The lowest BCUT2D eigenvalue weighted by Gasteiger charge is -2.10. The van der Waals surface area contributed by atoms with E-state index in [9.17, 15) is 9.59 Å². The maximum Gasteiger partial charge on any atom is 0.251 e. The molecule has 6 nitrogen and oxygen atoms in total. The number of ether oxygens (including phenoxy) is 1. The molecule has 0 aromatic heterocycles. The highest BCUT2D eigenvalue weighted by Crippen LogP contribution is 2.11. The molecule has 0 bridgehead atoms. The van der Waals surface area contributed by atoms with Gasteiger partial charge in [-0.15, -0.1) is 0 Å². The van der Waals surface area contributed by atoms with Gasteiger partial charge in [-0.3, -0.25) is 9.59 Å². The maximum atomic E-state index is 12.2. The van der Waals surface area contributed by atoms with E-state index in [1.807, 2.05) is 43.3 Å². The summed E-state index contributed by atoms with van der Waals surface area (Å²) in [5, 5.41) is 5.71. The topological polar surface area (TPSA) is 70.7 Å². The number of amides is 2. The normalized spacial score (nSPS) is 10.5. The summed E-state index contributed by atoms with van der Waals surface area (Å²) in [5.41, 5.74) is 2.04. The molecule has 138 valence electrons. The van der Waals surface area contributed by atoms with Gasteiger partial charge in [0, 0.05) is 30.8 Å². The van der Waals surface area contributed by atoms with Crippen molar-refractivity contribution in [3.8, 4) is 5.75 Å². The number of carbonyl (C=O) groups is 2. The summed E-state index contributed by atoms with van der Waals surface area (Å²) in [6.45, 7) is 1.78. The van der Waals surface area contributed by atoms with E-state index in [-0.39, 0.29) is 11.8 Å². The molecule has 2 aromatic carbocycles. The summed E-state index contributed by atoms with van der Waals surface area (Å²) >= 11 is 0. The van der Waals surface area contributed by atoms with E-state index in [1.54, 1.807) is 31.4 Å². The second kappa shape index (κ2) is 9.58. The molecule has 0 unspecified atom stereocenters. The third-order valence-electron chi connectivity index (χ3n) is 3.87. The zero-order valence-electron chi connectivity index (χ0n) is 15.4. The summed E-state index contributed by atoms with van der Waals surface area (Å²) in [6.07, 6.45) is 0. The Kier molecular flexibility index (Phi) is 7.17. The van der Waals surface area contributed by atoms with E-state index in [2.05, 4.69) is 10.6 Å². The van der Waals surface area contributed by atoms with Gasteiger partial charge in [-0.1, -0.05) is 12.1 Å². The smallest absolute Gasteiger partial charge is 0.251 e. The van der Waals surface area contributed by atoms with Crippen molar-refractivity contribution < 1.29 is 14.3 Å². The van der Waals surface area contributed by atoms with Gasteiger partial charge in [0.2, 0.25) is 0 Å². The fourth-order valence-electron chi connectivity index (χ4n) is 2.30. The minimum absolute atomic E-state index is 0.142.